The van der Waals surface area contributed by atoms with Crippen molar-refractivity contribution in [2.45, 2.75) is 39.0 Å². The molecule has 0 radical (unpaired) electrons. The van der Waals surface area contributed by atoms with Gasteiger partial charge < -0.3 is 14.7 Å². The minimum absolute atomic E-state index is 0.0246. The number of nitrogens with zero attached hydrogens (tertiary/aromatic N) is 3. The molecular weight excluding hydrogens is 377 g/mol. The predicted molar refractivity (Wildman–Crippen MR) is 120 cm³/mol. The lowest BCUT2D eigenvalue weighted by Crippen LogP contribution is -2.38. The van der Waals surface area contributed by atoms with Crippen LogP contribution in [0, 0.1) is 11.7 Å². The van der Waals surface area contributed by atoms with E-state index in [-0.39, 0.29) is 11.7 Å². The van der Waals surface area contributed by atoms with Gasteiger partial charge in [-0.05, 0) is 80.0 Å². The van der Waals surface area contributed by atoms with Crippen LogP contribution in [0.15, 0.2) is 36.4 Å². The van der Waals surface area contributed by atoms with Gasteiger partial charge in [0.1, 0.15) is 5.82 Å². The van der Waals surface area contributed by atoms with E-state index < -0.39 is 0 Å². The number of hydrogen-bond acceptors (Lipinski definition) is 3. The van der Waals surface area contributed by atoms with Crippen LogP contribution in [0.4, 0.5) is 21.5 Å². The summed E-state index contributed by atoms with van der Waals surface area (Å²) in [7, 11) is 0. The maximum atomic E-state index is 14.9. The summed E-state index contributed by atoms with van der Waals surface area (Å²) in [5.41, 5.74) is 4.39. The van der Waals surface area contributed by atoms with Crippen molar-refractivity contribution in [2.24, 2.45) is 5.92 Å². The molecular formula is C25H30FN3O. The molecule has 2 fully saturated rings. The minimum atomic E-state index is -0.236. The Hall–Kier alpha value is -2.56. The molecule has 2 aromatic rings. The van der Waals surface area contributed by atoms with Crippen LogP contribution in [0.3, 0.4) is 0 Å². The Balaban J connectivity index is 1.36. The average Bonchev–Trinajstić information content (AvgIpc) is 3.20. The smallest absolute Gasteiger partial charge is 0.258 e. The van der Waals surface area contributed by atoms with Crippen molar-refractivity contribution in [1.29, 1.82) is 0 Å². The lowest BCUT2D eigenvalue weighted by molar-refractivity contribution is 0.0980. The van der Waals surface area contributed by atoms with Crippen LogP contribution in [-0.4, -0.2) is 38.6 Å². The van der Waals surface area contributed by atoms with Crippen LogP contribution in [0.2, 0.25) is 0 Å². The molecule has 3 aliphatic heterocycles. The number of carbonyl (C=O) groups is 1. The van der Waals surface area contributed by atoms with Gasteiger partial charge >= 0.3 is 0 Å². The van der Waals surface area contributed by atoms with E-state index >= 15 is 0 Å². The summed E-state index contributed by atoms with van der Waals surface area (Å²) in [5.74, 6) is 0.336. The standard InChI is InChI=1S/C25H30FN3O/c1-18-9-13-28(17-18)24-8-6-21(16-23(24)26)29-14-10-19-15-20(5-7-22(19)25(29)30)27-11-3-2-4-12-27/h5-8,15-16,18H,2-4,9-14,17H2,1H3. The van der Waals surface area contributed by atoms with Gasteiger partial charge in [-0.2, -0.15) is 0 Å². The Morgan fingerprint density at radius 3 is 2.43 bits per heavy atom. The van der Waals surface area contributed by atoms with Crippen LogP contribution >= 0.6 is 0 Å². The molecule has 5 rings (SSSR count). The first-order valence-corrected chi connectivity index (χ1v) is 11.3. The zero-order chi connectivity index (χ0) is 20.7. The molecule has 2 aromatic carbocycles. The summed E-state index contributed by atoms with van der Waals surface area (Å²) in [6.07, 6.45) is 5.68. The monoisotopic (exact) mass is 407 g/mol. The van der Waals surface area contributed by atoms with Crippen molar-refractivity contribution < 1.29 is 9.18 Å². The summed E-state index contributed by atoms with van der Waals surface area (Å²) >= 11 is 0. The quantitative estimate of drug-likeness (QED) is 0.727. The van der Waals surface area contributed by atoms with Crippen molar-refractivity contribution in [2.75, 3.05) is 47.4 Å². The molecule has 3 heterocycles. The van der Waals surface area contributed by atoms with Gasteiger partial charge in [-0.1, -0.05) is 6.92 Å². The number of halogens is 1. The third kappa shape index (κ3) is 3.55. The molecule has 158 valence electrons. The Bertz CT molecular complexity index is 953. The molecule has 0 aliphatic carbocycles. The van der Waals surface area contributed by atoms with Gasteiger partial charge in [-0.15, -0.1) is 0 Å². The molecule has 30 heavy (non-hydrogen) atoms. The van der Waals surface area contributed by atoms with E-state index in [0.717, 1.165) is 50.1 Å². The maximum Gasteiger partial charge on any atom is 0.258 e. The Kier molecular flexibility index (Phi) is 5.13. The largest absolute Gasteiger partial charge is 0.372 e. The molecule has 3 aliphatic rings. The van der Waals surface area contributed by atoms with Crippen molar-refractivity contribution >= 4 is 23.0 Å². The third-order valence-electron chi connectivity index (χ3n) is 6.90. The molecule has 0 saturated carbocycles. The van der Waals surface area contributed by atoms with Crippen LogP contribution < -0.4 is 14.7 Å². The molecule has 0 bridgehead atoms. The van der Waals surface area contributed by atoms with Gasteiger partial charge in [0.2, 0.25) is 0 Å². The van der Waals surface area contributed by atoms with Crippen LogP contribution in [0.25, 0.3) is 0 Å². The van der Waals surface area contributed by atoms with Gasteiger partial charge in [-0.3, -0.25) is 4.79 Å². The SMILES string of the molecule is CC1CCN(c2ccc(N3CCc4cc(N5CCCCC5)ccc4C3=O)cc2F)C1. The zero-order valence-electron chi connectivity index (χ0n) is 17.7. The van der Waals surface area contributed by atoms with Gasteiger partial charge in [0, 0.05) is 49.7 Å². The van der Waals surface area contributed by atoms with Crippen molar-refractivity contribution in [3.05, 3.63) is 53.3 Å². The Morgan fingerprint density at radius 2 is 1.70 bits per heavy atom. The van der Waals surface area contributed by atoms with Crippen molar-refractivity contribution in [1.82, 2.24) is 0 Å². The lowest BCUT2D eigenvalue weighted by atomic mass is 9.97. The highest BCUT2D eigenvalue weighted by atomic mass is 19.1. The van der Waals surface area contributed by atoms with E-state index in [4.69, 9.17) is 0 Å². The highest BCUT2D eigenvalue weighted by Crippen LogP contribution is 2.32. The molecule has 5 heteroatoms. The predicted octanol–water partition coefficient (Wildman–Crippen LogP) is 4.87. The number of fused-ring (bicyclic) bond motifs is 1. The van der Waals surface area contributed by atoms with E-state index in [1.165, 1.54) is 31.0 Å². The molecule has 0 aromatic heterocycles. The lowest BCUT2D eigenvalue weighted by Gasteiger charge is -2.32. The Morgan fingerprint density at radius 1 is 0.900 bits per heavy atom. The van der Waals surface area contributed by atoms with Gasteiger partial charge in [-0.25, -0.2) is 4.39 Å². The van der Waals surface area contributed by atoms with Crippen molar-refractivity contribution in [3.8, 4) is 0 Å². The Labute approximate surface area is 178 Å². The maximum absolute atomic E-state index is 14.9. The second kappa shape index (κ2) is 7.93. The number of amides is 1. The van der Waals surface area contributed by atoms with Crippen molar-refractivity contribution in [3.63, 3.8) is 0 Å². The second-order valence-corrected chi connectivity index (χ2v) is 9.07. The fraction of sp³-hybridized carbons (Fsp3) is 0.480. The first-order chi connectivity index (χ1) is 14.6. The summed E-state index contributed by atoms with van der Waals surface area (Å²) in [4.78, 5) is 19.4. The normalized spacial score (nSPS) is 21.9. The molecule has 4 nitrogen and oxygen atoms in total. The first kappa shape index (κ1) is 19.4. The number of anilines is 3. The summed E-state index contributed by atoms with van der Waals surface area (Å²) in [6, 6.07) is 11.5. The summed E-state index contributed by atoms with van der Waals surface area (Å²) < 4.78 is 14.9. The zero-order valence-corrected chi connectivity index (χ0v) is 17.7. The first-order valence-electron chi connectivity index (χ1n) is 11.3. The molecule has 1 atom stereocenters. The summed E-state index contributed by atoms with van der Waals surface area (Å²) in [6.45, 7) is 6.78. The highest BCUT2D eigenvalue weighted by molar-refractivity contribution is 6.08. The molecule has 0 N–H and O–H groups in total. The van der Waals surface area contributed by atoms with E-state index in [9.17, 15) is 9.18 Å². The highest BCUT2D eigenvalue weighted by Gasteiger charge is 2.28. The number of rotatable bonds is 3. The number of piperidine rings is 1. The second-order valence-electron chi connectivity index (χ2n) is 9.07. The minimum Gasteiger partial charge on any atom is -0.372 e. The topological polar surface area (TPSA) is 26.8 Å². The van der Waals surface area contributed by atoms with E-state index in [2.05, 4.69) is 28.9 Å². The molecule has 2 saturated heterocycles. The molecule has 1 amide bonds. The number of benzene rings is 2. The van der Waals surface area contributed by atoms with Crippen LogP contribution in [0.5, 0.6) is 0 Å². The fourth-order valence-corrected chi connectivity index (χ4v) is 5.14. The van der Waals surface area contributed by atoms with E-state index in [0.29, 0.717) is 23.8 Å². The van der Waals surface area contributed by atoms with Gasteiger partial charge in [0.25, 0.3) is 5.91 Å². The number of hydrogen-bond donors (Lipinski definition) is 0. The van der Waals surface area contributed by atoms with E-state index in [1.54, 1.807) is 4.90 Å². The van der Waals surface area contributed by atoms with Gasteiger partial charge in [0.15, 0.2) is 0 Å². The average molecular weight is 408 g/mol. The summed E-state index contributed by atoms with van der Waals surface area (Å²) in [5, 5.41) is 0. The third-order valence-corrected chi connectivity index (χ3v) is 6.90. The number of carbonyl (C=O) groups excluding carboxylic acids is 1. The molecule has 0 spiro atoms. The fourth-order valence-electron chi connectivity index (χ4n) is 5.14. The van der Waals surface area contributed by atoms with Crippen LogP contribution in [0.1, 0.15) is 48.5 Å². The van der Waals surface area contributed by atoms with E-state index in [1.807, 2.05) is 18.2 Å². The van der Waals surface area contributed by atoms with Crippen LogP contribution in [-0.2, 0) is 6.42 Å². The van der Waals surface area contributed by atoms with Gasteiger partial charge in [0.05, 0.1) is 5.69 Å². The molecule has 1 unspecified atom stereocenters.